The highest BCUT2D eigenvalue weighted by Crippen LogP contribution is 2.44. The van der Waals surface area contributed by atoms with Crippen molar-refractivity contribution in [1.82, 2.24) is 10.2 Å². The molecule has 0 spiro atoms. The summed E-state index contributed by atoms with van der Waals surface area (Å²) in [6.45, 7) is 3.06. The van der Waals surface area contributed by atoms with Crippen molar-refractivity contribution in [3.8, 4) is 11.1 Å². The number of alkyl carbamates (subject to hydrolysis) is 1. The third kappa shape index (κ3) is 5.08. The number of aliphatic carboxylic acids is 1. The smallest absolute Gasteiger partial charge is 0.407 e. The minimum atomic E-state index is -0.862. The Morgan fingerprint density at radius 3 is 2.29 bits per heavy atom. The van der Waals surface area contributed by atoms with Crippen LogP contribution in [0.2, 0.25) is 0 Å². The molecule has 2 aromatic carbocycles. The minimum Gasteiger partial charge on any atom is -0.481 e. The molecule has 0 saturated heterocycles. The SMILES string of the molecule is CCN(CCCC(=O)O)C(=O)[C@H]1CCC[C@H]1NC(=O)OCC1c2ccccc2-c2ccccc21. The lowest BCUT2D eigenvalue weighted by atomic mass is 9.98. The van der Waals surface area contributed by atoms with Crippen LogP contribution in [0.4, 0.5) is 4.79 Å². The van der Waals surface area contributed by atoms with Gasteiger partial charge >= 0.3 is 12.1 Å². The number of carboxylic acids is 1. The van der Waals surface area contributed by atoms with Crippen LogP contribution < -0.4 is 5.32 Å². The molecule has 0 bridgehead atoms. The molecule has 7 nitrogen and oxygen atoms in total. The molecule has 2 atom stereocenters. The van der Waals surface area contributed by atoms with Gasteiger partial charge in [-0.1, -0.05) is 55.0 Å². The van der Waals surface area contributed by atoms with Crippen LogP contribution in [0.1, 0.15) is 56.1 Å². The monoisotopic (exact) mass is 464 g/mol. The van der Waals surface area contributed by atoms with E-state index in [0.29, 0.717) is 25.9 Å². The first-order valence-corrected chi connectivity index (χ1v) is 12.1. The van der Waals surface area contributed by atoms with Gasteiger partial charge in [-0.05, 0) is 48.4 Å². The number of benzene rings is 2. The van der Waals surface area contributed by atoms with Crippen molar-refractivity contribution in [3.05, 3.63) is 59.7 Å². The van der Waals surface area contributed by atoms with Gasteiger partial charge in [-0.25, -0.2) is 4.79 Å². The number of nitrogens with zero attached hydrogens (tertiary/aromatic N) is 1. The van der Waals surface area contributed by atoms with Crippen LogP contribution in [-0.4, -0.2) is 53.7 Å². The maximum atomic E-state index is 13.1. The van der Waals surface area contributed by atoms with Gasteiger partial charge in [0.05, 0.1) is 5.92 Å². The fourth-order valence-electron chi connectivity index (χ4n) is 5.30. The molecule has 2 aromatic rings. The number of hydrogen-bond acceptors (Lipinski definition) is 4. The maximum Gasteiger partial charge on any atom is 0.407 e. The number of fused-ring (bicyclic) bond motifs is 3. The summed E-state index contributed by atoms with van der Waals surface area (Å²) in [6.07, 6.45) is 2.26. The Labute approximate surface area is 200 Å². The van der Waals surface area contributed by atoms with Crippen molar-refractivity contribution in [2.45, 2.75) is 51.0 Å². The van der Waals surface area contributed by atoms with E-state index in [9.17, 15) is 14.4 Å². The summed E-state index contributed by atoms with van der Waals surface area (Å²) in [4.78, 5) is 38.3. The number of carbonyl (C=O) groups excluding carboxylic acids is 2. The number of carbonyl (C=O) groups is 3. The molecule has 1 saturated carbocycles. The van der Waals surface area contributed by atoms with Crippen LogP contribution in [0, 0.1) is 5.92 Å². The molecule has 2 aliphatic carbocycles. The first-order chi connectivity index (χ1) is 16.5. The highest BCUT2D eigenvalue weighted by Gasteiger charge is 2.37. The van der Waals surface area contributed by atoms with E-state index >= 15 is 0 Å². The summed E-state index contributed by atoms with van der Waals surface area (Å²) in [5.74, 6) is -1.19. The van der Waals surface area contributed by atoms with E-state index in [1.165, 1.54) is 11.1 Å². The minimum absolute atomic E-state index is 0.0102. The number of nitrogens with one attached hydrogen (secondary N) is 1. The lowest BCUT2D eigenvalue weighted by Gasteiger charge is -2.27. The van der Waals surface area contributed by atoms with Gasteiger partial charge in [0, 0.05) is 31.5 Å². The normalized spacial score (nSPS) is 18.7. The lowest BCUT2D eigenvalue weighted by Crippen LogP contribution is -2.46. The number of hydrogen-bond donors (Lipinski definition) is 2. The molecular formula is C27H32N2O5. The van der Waals surface area contributed by atoms with Gasteiger partial charge in [-0.15, -0.1) is 0 Å². The second kappa shape index (κ2) is 10.7. The Kier molecular flexibility index (Phi) is 7.50. The Morgan fingerprint density at radius 2 is 1.68 bits per heavy atom. The molecule has 0 aliphatic heterocycles. The van der Waals surface area contributed by atoms with Crippen LogP contribution in [-0.2, 0) is 14.3 Å². The van der Waals surface area contributed by atoms with Gasteiger partial charge in [0.2, 0.25) is 5.91 Å². The molecule has 180 valence electrons. The van der Waals surface area contributed by atoms with Crippen molar-refractivity contribution in [2.24, 2.45) is 5.92 Å². The average Bonchev–Trinajstić information content (AvgIpc) is 3.42. The lowest BCUT2D eigenvalue weighted by molar-refractivity contribution is -0.139. The molecule has 0 aromatic heterocycles. The van der Waals surface area contributed by atoms with Crippen LogP contribution >= 0.6 is 0 Å². The van der Waals surface area contributed by atoms with Crippen molar-refractivity contribution in [2.75, 3.05) is 19.7 Å². The highest BCUT2D eigenvalue weighted by atomic mass is 16.5. The molecule has 7 heteroatoms. The molecule has 4 rings (SSSR count). The zero-order valence-corrected chi connectivity index (χ0v) is 19.5. The summed E-state index contributed by atoms with van der Waals surface area (Å²) in [6, 6.07) is 16.1. The first-order valence-electron chi connectivity index (χ1n) is 12.1. The molecule has 0 radical (unpaired) electrons. The van der Waals surface area contributed by atoms with Gasteiger partial charge in [0.1, 0.15) is 6.61 Å². The fourth-order valence-corrected chi connectivity index (χ4v) is 5.30. The summed E-state index contributed by atoms with van der Waals surface area (Å²) >= 11 is 0. The summed E-state index contributed by atoms with van der Waals surface area (Å²) < 4.78 is 5.67. The summed E-state index contributed by atoms with van der Waals surface area (Å²) in [5, 5.41) is 11.8. The van der Waals surface area contributed by atoms with E-state index < -0.39 is 12.1 Å². The van der Waals surface area contributed by atoms with Crippen molar-refractivity contribution in [1.29, 1.82) is 0 Å². The van der Waals surface area contributed by atoms with E-state index in [1.807, 2.05) is 31.2 Å². The van der Waals surface area contributed by atoms with Gasteiger partial charge < -0.3 is 20.1 Å². The number of ether oxygens (including phenoxy) is 1. The van der Waals surface area contributed by atoms with E-state index in [1.54, 1.807) is 4.90 Å². The third-order valence-corrected chi connectivity index (χ3v) is 6.99. The second-order valence-corrected chi connectivity index (χ2v) is 9.03. The average molecular weight is 465 g/mol. The maximum absolute atomic E-state index is 13.1. The topological polar surface area (TPSA) is 95.9 Å². The molecule has 0 heterocycles. The molecule has 2 amide bonds. The van der Waals surface area contributed by atoms with E-state index in [2.05, 4.69) is 29.6 Å². The van der Waals surface area contributed by atoms with E-state index in [-0.39, 0.29) is 36.8 Å². The Balaban J connectivity index is 1.35. The van der Waals surface area contributed by atoms with Crippen molar-refractivity contribution in [3.63, 3.8) is 0 Å². The number of amides is 2. The van der Waals surface area contributed by atoms with Crippen LogP contribution in [0.3, 0.4) is 0 Å². The predicted molar refractivity (Wildman–Crippen MR) is 128 cm³/mol. The van der Waals surface area contributed by atoms with Gasteiger partial charge in [0.25, 0.3) is 0 Å². The van der Waals surface area contributed by atoms with Gasteiger partial charge in [0.15, 0.2) is 0 Å². The Hall–Kier alpha value is -3.35. The van der Waals surface area contributed by atoms with E-state index in [0.717, 1.165) is 24.0 Å². The summed E-state index contributed by atoms with van der Waals surface area (Å²) in [5.41, 5.74) is 4.67. The molecule has 34 heavy (non-hydrogen) atoms. The van der Waals surface area contributed by atoms with Gasteiger partial charge in [-0.3, -0.25) is 9.59 Å². The highest BCUT2D eigenvalue weighted by molar-refractivity contribution is 5.81. The number of carboxylic acid groups (broad SMARTS) is 1. The zero-order valence-electron chi connectivity index (χ0n) is 19.5. The number of rotatable bonds is 9. The fraction of sp³-hybridized carbons (Fsp3) is 0.444. The first kappa shape index (κ1) is 23.8. The molecule has 2 aliphatic rings. The predicted octanol–water partition coefficient (Wildman–Crippen LogP) is 4.41. The van der Waals surface area contributed by atoms with Gasteiger partial charge in [-0.2, -0.15) is 0 Å². The van der Waals surface area contributed by atoms with Crippen molar-refractivity contribution < 1.29 is 24.2 Å². The largest absolute Gasteiger partial charge is 0.481 e. The van der Waals surface area contributed by atoms with Crippen LogP contribution in [0.15, 0.2) is 48.5 Å². The third-order valence-electron chi connectivity index (χ3n) is 6.99. The van der Waals surface area contributed by atoms with Crippen LogP contribution in [0.5, 0.6) is 0 Å². The molecule has 2 N–H and O–H groups in total. The molecule has 0 unspecified atom stereocenters. The second-order valence-electron chi connectivity index (χ2n) is 9.03. The standard InChI is InChI=1S/C27H32N2O5/c1-2-29(16-8-15-25(30)31)26(32)22-13-7-14-24(22)28-27(33)34-17-23-20-11-5-3-9-18(20)19-10-4-6-12-21(19)23/h3-6,9-12,22-24H,2,7-8,13-17H2,1H3,(H,28,33)(H,30,31)/t22-,24+/m0/s1. The van der Waals surface area contributed by atoms with Crippen molar-refractivity contribution >= 4 is 18.0 Å². The molecule has 1 fully saturated rings. The Bertz CT molecular complexity index is 1010. The molecular weight excluding hydrogens is 432 g/mol. The van der Waals surface area contributed by atoms with E-state index in [4.69, 9.17) is 9.84 Å². The van der Waals surface area contributed by atoms with Crippen LogP contribution in [0.25, 0.3) is 11.1 Å². The summed E-state index contributed by atoms with van der Waals surface area (Å²) in [7, 11) is 0. The quantitative estimate of drug-likeness (QED) is 0.573. The zero-order chi connectivity index (χ0) is 24.1. The Morgan fingerprint density at radius 1 is 1.03 bits per heavy atom.